The number of carbonyl (C=O) groups excluding carboxylic acids is 2. The Balaban J connectivity index is 1.26. The van der Waals surface area contributed by atoms with Crippen molar-refractivity contribution in [3.63, 3.8) is 0 Å². The van der Waals surface area contributed by atoms with Gasteiger partial charge in [0.1, 0.15) is 11.2 Å². The van der Waals surface area contributed by atoms with Gasteiger partial charge >= 0.3 is 0 Å². The number of carbonyl (C=O) groups is 2. The number of hydrogen-bond donors (Lipinski definition) is 0. The predicted molar refractivity (Wildman–Crippen MR) is 146 cm³/mol. The van der Waals surface area contributed by atoms with E-state index in [1.165, 1.54) is 0 Å². The van der Waals surface area contributed by atoms with Gasteiger partial charge in [-0.3, -0.25) is 14.3 Å². The first-order valence-corrected chi connectivity index (χ1v) is 13.2. The predicted octanol–water partition coefficient (Wildman–Crippen LogP) is 3.24. The Hall–Kier alpha value is -4.44. The number of likely N-dealkylation sites (N-methyl/N-ethyl adjacent to an activating group) is 1. The third kappa shape index (κ3) is 3.66. The third-order valence-corrected chi connectivity index (χ3v) is 8.06. The fourth-order valence-electron chi connectivity index (χ4n) is 5.69. The van der Waals surface area contributed by atoms with E-state index in [4.69, 9.17) is 16.7 Å². The Kier molecular flexibility index (Phi) is 5.34. The van der Waals surface area contributed by atoms with Crippen molar-refractivity contribution in [1.82, 2.24) is 34.2 Å². The molecule has 0 fully saturated rings. The molecule has 0 saturated heterocycles. The van der Waals surface area contributed by atoms with Crippen molar-refractivity contribution in [3.8, 4) is 5.82 Å². The maximum atomic E-state index is 13.8. The molecule has 39 heavy (non-hydrogen) atoms. The van der Waals surface area contributed by atoms with Gasteiger partial charge in [-0.1, -0.05) is 48.0 Å². The van der Waals surface area contributed by atoms with E-state index in [9.17, 15) is 9.59 Å². The molecule has 1 atom stereocenters. The lowest BCUT2D eigenvalue weighted by Crippen LogP contribution is -2.53. The Bertz CT molecular complexity index is 1770. The highest BCUT2D eigenvalue weighted by Crippen LogP contribution is 2.36. The van der Waals surface area contributed by atoms with E-state index in [2.05, 4.69) is 10.2 Å². The number of benzene rings is 2. The van der Waals surface area contributed by atoms with Crippen molar-refractivity contribution in [3.05, 3.63) is 88.5 Å². The van der Waals surface area contributed by atoms with E-state index in [-0.39, 0.29) is 18.2 Å². The second kappa shape index (κ2) is 8.81. The topological polar surface area (TPSA) is 94.1 Å². The molecule has 0 aliphatic carbocycles. The van der Waals surface area contributed by atoms with Gasteiger partial charge in [-0.2, -0.15) is 15.3 Å². The van der Waals surface area contributed by atoms with Crippen molar-refractivity contribution in [2.75, 3.05) is 18.5 Å². The molecule has 2 amide bonds. The maximum absolute atomic E-state index is 13.8. The van der Waals surface area contributed by atoms with Gasteiger partial charge < -0.3 is 9.80 Å². The summed E-state index contributed by atoms with van der Waals surface area (Å²) in [6.45, 7) is 0.830. The van der Waals surface area contributed by atoms with Gasteiger partial charge in [-0.25, -0.2) is 9.36 Å². The first kappa shape index (κ1) is 23.7. The Morgan fingerprint density at radius 1 is 0.974 bits per heavy atom. The van der Waals surface area contributed by atoms with Crippen molar-refractivity contribution in [2.45, 2.75) is 25.4 Å². The van der Waals surface area contributed by atoms with E-state index in [0.717, 1.165) is 33.4 Å². The standard InChI is InChI=1S/C28H25ClN8O2/c1-33-13-12-23(31-33)37-21-10-6-9-20-24(21)19(30-37)15-22(27(38)34(20)2)35-14-11-18-25(28(35)39)32-36(26(18)29)16-17-7-4-3-5-8-17/h3-10,12-13,22H,11,14-16H2,1-2H3/t22-/m0/s1. The van der Waals surface area contributed by atoms with E-state index >= 15 is 0 Å². The summed E-state index contributed by atoms with van der Waals surface area (Å²) in [7, 11) is 3.61. The van der Waals surface area contributed by atoms with Crippen LogP contribution in [0.2, 0.25) is 5.15 Å². The normalized spacial score (nSPS) is 17.2. The first-order valence-electron chi connectivity index (χ1n) is 12.8. The van der Waals surface area contributed by atoms with Crippen LogP contribution in [0.3, 0.4) is 0 Å². The summed E-state index contributed by atoms with van der Waals surface area (Å²) in [5.74, 6) is 0.244. The van der Waals surface area contributed by atoms with Gasteiger partial charge in [-0.05, 0) is 24.1 Å². The minimum Gasteiger partial charge on any atom is -0.324 e. The van der Waals surface area contributed by atoms with Crippen molar-refractivity contribution in [2.24, 2.45) is 7.05 Å². The molecule has 0 saturated carbocycles. The molecule has 0 bridgehead atoms. The summed E-state index contributed by atoms with van der Waals surface area (Å²) in [6.07, 6.45) is 2.67. The van der Waals surface area contributed by atoms with Gasteiger partial charge in [0.2, 0.25) is 5.91 Å². The second-order valence-corrected chi connectivity index (χ2v) is 10.4. The molecule has 196 valence electrons. The number of rotatable bonds is 4. The molecule has 5 heterocycles. The molecule has 2 aromatic carbocycles. The third-order valence-electron chi connectivity index (χ3n) is 7.64. The van der Waals surface area contributed by atoms with Gasteiger partial charge in [0.25, 0.3) is 5.91 Å². The second-order valence-electron chi connectivity index (χ2n) is 10.0. The highest BCUT2D eigenvalue weighted by Gasteiger charge is 2.41. The summed E-state index contributed by atoms with van der Waals surface area (Å²) < 4.78 is 5.19. The van der Waals surface area contributed by atoms with Crippen LogP contribution >= 0.6 is 11.6 Å². The summed E-state index contributed by atoms with van der Waals surface area (Å²) in [6, 6.07) is 16.8. The highest BCUT2D eigenvalue weighted by molar-refractivity contribution is 6.31. The lowest BCUT2D eigenvalue weighted by Gasteiger charge is -2.34. The van der Waals surface area contributed by atoms with Gasteiger partial charge in [0, 0.05) is 50.3 Å². The quantitative estimate of drug-likeness (QED) is 0.349. The molecule has 2 aliphatic rings. The van der Waals surface area contributed by atoms with Gasteiger partial charge in [0.15, 0.2) is 11.5 Å². The molecule has 10 nitrogen and oxygen atoms in total. The number of nitrogens with zero attached hydrogens (tertiary/aromatic N) is 8. The van der Waals surface area contributed by atoms with Crippen molar-refractivity contribution in [1.29, 1.82) is 0 Å². The van der Waals surface area contributed by atoms with Gasteiger partial charge in [-0.15, -0.1) is 0 Å². The average Bonchev–Trinajstić information content (AvgIpc) is 3.61. The largest absolute Gasteiger partial charge is 0.324 e. The number of halogens is 1. The number of aromatic nitrogens is 6. The van der Waals surface area contributed by atoms with Crippen LogP contribution in [0, 0.1) is 0 Å². The molecule has 2 aliphatic heterocycles. The Morgan fingerprint density at radius 2 is 1.79 bits per heavy atom. The molecule has 5 aromatic rings. The van der Waals surface area contributed by atoms with Crippen LogP contribution in [0.5, 0.6) is 0 Å². The van der Waals surface area contributed by atoms with Crippen molar-refractivity contribution < 1.29 is 9.59 Å². The van der Waals surface area contributed by atoms with E-state index in [1.807, 2.05) is 67.8 Å². The SMILES string of the molecule is CN1C(=O)[C@@H](N2CCc3c(nn(Cc4ccccc4)c3Cl)C2=O)Cc2nn(-c3ccn(C)n3)c3cccc1c23. The molecule has 0 N–H and O–H groups in total. The van der Waals surface area contributed by atoms with Crippen LogP contribution in [0.15, 0.2) is 60.8 Å². The van der Waals surface area contributed by atoms with Crippen LogP contribution in [0.4, 0.5) is 5.69 Å². The van der Waals surface area contributed by atoms with E-state index < -0.39 is 6.04 Å². The summed E-state index contributed by atoms with van der Waals surface area (Å²) in [5.41, 5.74) is 4.45. The molecule has 11 heteroatoms. The minimum absolute atomic E-state index is 0.156. The number of anilines is 1. The number of amides is 2. The fourth-order valence-corrected chi connectivity index (χ4v) is 5.98. The monoisotopic (exact) mass is 540 g/mol. The molecule has 0 spiro atoms. The van der Waals surface area contributed by atoms with Crippen LogP contribution in [-0.4, -0.2) is 65.7 Å². The van der Waals surface area contributed by atoms with Crippen LogP contribution < -0.4 is 4.90 Å². The minimum atomic E-state index is -0.726. The molecular formula is C28H25ClN8O2. The molecule has 0 radical (unpaired) electrons. The maximum Gasteiger partial charge on any atom is 0.275 e. The fraction of sp³-hybridized carbons (Fsp3) is 0.250. The van der Waals surface area contributed by atoms with Crippen molar-refractivity contribution >= 4 is 40.0 Å². The zero-order valence-corrected chi connectivity index (χ0v) is 22.2. The van der Waals surface area contributed by atoms with E-state index in [0.29, 0.717) is 36.2 Å². The lowest BCUT2D eigenvalue weighted by atomic mass is 10.0. The smallest absolute Gasteiger partial charge is 0.275 e. The Labute approximate surface area is 229 Å². The molecule has 7 rings (SSSR count). The van der Waals surface area contributed by atoms with E-state index in [1.54, 1.807) is 30.9 Å². The first-order chi connectivity index (χ1) is 18.9. The number of aryl methyl sites for hydroxylation is 1. The summed E-state index contributed by atoms with van der Waals surface area (Å²) in [4.78, 5) is 30.9. The summed E-state index contributed by atoms with van der Waals surface area (Å²) in [5, 5.41) is 15.4. The zero-order valence-electron chi connectivity index (χ0n) is 21.5. The Morgan fingerprint density at radius 3 is 2.56 bits per heavy atom. The number of hydrogen-bond acceptors (Lipinski definition) is 5. The molecular weight excluding hydrogens is 516 g/mol. The van der Waals surface area contributed by atoms with Gasteiger partial charge in [0.05, 0.1) is 23.4 Å². The molecule has 3 aromatic heterocycles. The lowest BCUT2D eigenvalue weighted by molar-refractivity contribution is -0.122. The summed E-state index contributed by atoms with van der Waals surface area (Å²) >= 11 is 6.68. The highest BCUT2D eigenvalue weighted by atomic mass is 35.5. The van der Waals surface area contributed by atoms with Crippen LogP contribution in [0.25, 0.3) is 16.7 Å². The average molecular weight is 541 g/mol. The zero-order chi connectivity index (χ0) is 26.8. The van der Waals surface area contributed by atoms with Crippen LogP contribution in [0.1, 0.15) is 27.3 Å². The number of fused-ring (bicyclic) bond motifs is 1. The van der Waals surface area contributed by atoms with Crippen LogP contribution in [-0.2, 0) is 31.2 Å². The molecule has 0 unspecified atom stereocenters.